The molecule has 1 aliphatic heterocycles. The van der Waals surface area contributed by atoms with Crippen LogP contribution in [0.5, 0.6) is 0 Å². The molecule has 4 nitrogen and oxygen atoms in total. The first-order valence-corrected chi connectivity index (χ1v) is 6.59. The lowest BCUT2D eigenvalue weighted by Gasteiger charge is -2.40. The molecule has 4 heteroatoms. The highest BCUT2D eigenvalue weighted by Crippen LogP contribution is 2.40. The lowest BCUT2D eigenvalue weighted by atomic mass is 9.87. The molecule has 98 valence electrons. The van der Waals surface area contributed by atoms with Crippen LogP contribution in [0.2, 0.25) is 0 Å². The van der Waals surface area contributed by atoms with E-state index >= 15 is 0 Å². The summed E-state index contributed by atoms with van der Waals surface area (Å²) >= 11 is 0. The number of nitrogens with one attached hydrogen (secondary N) is 1. The molecular formula is C13H23NO3. The molecular weight excluding hydrogens is 218 g/mol. The summed E-state index contributed by atoms with van der Waals surface area (Å²) < 4.78 is 5.94. The first-order chi connectivity index (χ1) is 7.94. The van der Waals surface area contributed by atoms with Crippen LogP contribution in [-0.4, -0.2) is 34.9 Å². The Morgan fingerprint density at radius 1 is 1.41 bits per heavy atom. The fourth-order valence-corrected chi connectivity index (χ4v) is 3.09. The molecule has 1 saturated heterocycles. The molecule has 1 aliphatic carbocycles. The Morgan fingerprint density at radius 3 is 2.65 bits per heavy atom. The lowest BCUT2D eigenvalue weighted by Crippen LogP contribution is -2.55. The second-order valence-corrected chi connectivity index (χ2v) is 6.00. The van der Waals surface area contributed by atoms with Crippen LogP contribution in [-0.2, 0) is 9.53 Å². The average molecular weight is 241 g/mol. The number of aliphatic carboxylic acids is 1. The van der Waals surface area contributed by atoms with E-state index in [1.165, 1.54) is 12.8 Å². The number of hydrogen-bond acceptors (Lipinski definition) is 3. The quantitative estimate of drug-likeness (QED) is 0.792. The molecule has 0 amide bonds. The molecule has 0 aromatic heterocycles. The fourth-order valence-electron chi connectivity index (χ4n) is 3.09. The second-order valence-electron chi connectivity index (χ2n) is 6.00. The van der Waals surface area contributed by atoms with E-state index in [0.717, 1.165) is 32.3 Å². The first-order valence-electron chi connectivity index (χ1n) is 6.59. The van der Waals surface area contributed by atoms with Crippen LogP contribution in [0.15, 0.2) is 0 Å². The van der Waals surface area contributed by atoms with Crippen molar-refractivity contribution in [3.8, 4) is 0 Å². The summed E-state index contributed by atoms with van der Waals surface area (Å²) in [4.78, 5) is 11.1. The van der Waals surface area contributed by atoms with Crippen LogP contribution in [0.3, 0.4) is 0 Å². The van der Waals surface area contributed by atoms with E-state index in [-0.39, 0.29) is 11.6 Å². The van der Waals surface area contributed by atoms with Gasteiger partial charge in [0.2, 0.25) is 0 Å². The molecule has 2 fully saturated rings. The summed E-state index contributed by atoms with van der Waals surface area (Å²) in [7, 11) is 0. The third-order valence-electron chi connectivity index (χ3n) is 4.11. The van der Waals surface area contributed by atoms with Gasteiger partial charge in [0.1, 0.15) is 5.54 Å². The SMILES string of the molecule is CC(C)(NC1CCOC2(CCCC2)C1)C(=O)O. The van der Waals surface area contributed by atoms with E-state index in [4.69, 9.17) is 9.84 Å². The number of carboxylic acids is 1. The minimum Gasteiger partial charge on any atom is -0.480 e. The third-order valence-corrected chi connectivity index (χ3v) is 4.11. The van der Waals surface area contributed by atoms with Gasteiger partial charge in [-0.3, -0.25) is 10.1 Å². The van der Waals surface area contributed by atoms with Crippen LogP contribution in [0.1, 0.15) is 52.4 Å². The monoisotopic (exact) mass is 241 g/mol. The maximum Gasteiger partial charge on any atom is 0.323 e. The number of carbonyl (C=O) groups is 1. The molecule has 1 saturated carbocycles. The third kappa shape index (κ3) is 2.80. The van der Waals surface area contributed by atoms with E-state index in [0.29, 0.717) is 0 Å². The van der Waals surface area contributed by atoms with Crippen molar-refractivity contribution < 1.29 is 14.6 Å². The van der Waals surface area contributed by atoms with E-state index in [2.05, 4.69) is 5.32 Å². The normalized spacial score (nSPS) is 28.5. The van der Waals surface area contributed by atoms with Crippen molar-refractivity contribution in [2.45, 2.75) is 69.6 Å². The number of hydrogen-bond donors (Lipinski definition) is 2. The van der Waals surface area contributed by atoms with Crippen molar-refractivity contribution in [3.63, 3.8) is 0 Å². The van der Waals surface area contributed by atoms with E-state index in [9.17, 15) is 4.79 Å². The van der Waals surface area contributed by atoms with Crippen molar-refractivity contribution in [2.75, 3.05) is 6.61 Å². The largest absolute Gasteiger partial charge is 0.480 e. The van der Waals surface area contributed by atoms with Crippen LogP contribution in [0, 0.1) is 0 Å². The van der Waals surface area contributed by atoms with Crippen LogP contribution >= 0.6 is 0 Å². The molecule has 0 aromatic rings. The predicted octanol–water partition coefficient (Wildman–Crippen LogP) is 1.93. The van der Waals surface area contributed by atoms with Gasteiger partial charge >= 0.3 is 5.97 Å². The van der Waals surface area contributed by atoms with Gasteiger partial charge in [0.25, 0.3) is 0 Å². The molecule has 1 heterocycles. The van der Waals surface area contributed by atoms with E-state index in [1.807, 2.05) is 0 Å². The summed E-state index contributed by atoms with van der Waals surface area (Å²) in [6, 6.07) is 0.271. The van der Waals surface area contributed by atoms with Crippen LogP contribution < -0.4 is 5.32 Å². The molecule has 0 radical (unpaired) electrons. The van der Waals surface area contributed by atoms with Crippen molar-refractivity contribution in [3.05, 3.63) is 0 Å². The summed E-state index contributed by atoms with van der Waals surface area (Å²) in [6.45, 7) is 4.21. The number of carboxylic acid groups (broad SMARTS) is 1. The van der Waals surface area contributed by atoms with Gasteiger partial charge in [0.05, 0.1) is 5.60 Å². The Labute approximate surface area is 103 Å². The molecule has 17 heavy (non-hydrogen) atoms. The Kier molecular flexibility index (Phi) is 3.46. The highest BCUT2D eigenvalue weighted by Gasteiger charge is 2.41. The zero-order valence-corrected chi connectivity index (χ0v) is 10.8. The zero-order chi connectivity index (χ0) is 12.5. The van der Waals surface area contributed by atoms with Crippen molar-refractivity contribution in [1.29, 1.82) is 0 Å². The van der Waals surface area contributed by atoms with E-state index < -0.39 is 11.5 Å². The minimum absolute atomic E-state index is 0.0461. The summed E-state index contributed by atoms with van der Waals surface area (Å²) in [6.07, 6.45) is 6.64. The average Bonchev–Trinajstić information content (AvgIpc) is 2.65. The Bertz CT molecular complexity index is 295. The summed E-state index contributed by atoms with van der Waals surface area (Å²) in [5.41, 5.74) is -0.799. The summed E-state index contributed by atoms with van der Waals surface area (Å²) in [5.74, 6) is -0.788. The number of ether oxygens (including phenoxy) is 1. The molecule has 1 unspecified atom stereocenters. The van der Waals surface area contributed by atoms with Gasteiger partial charge in [-0.25, -0.2) is 0 Å². The topological polar surface area (TPSA) is 58.6 Å². The highest BCUT2D eigenvalue weighted by atomic mass is 16.5. The van der Waals surface area contributed by atoms with Gasteiger partial charge in [-0.05, 0) is 39.5 Å². The Hall–Kier alpha value is -0.610. The molecule has 0 aromatic carbocycles. The van der Waals surface area contributed by atoms with Crippen molar-refractivity contribution in [1.82, 2.24) is 5.32 Å². The fraction of sp³-hybridized carbons (Fsp3) is 0.923. The van der Waals surface area contributed by atoms with Gasteiger partial charge in [0.15, 0.2) is 0 Å². The lowest BCUT2D eigenvalue weighted by molar-refractivity contribution is -0.145. The molecule has 1 spiro atoms. The molecule has 2 aliphatic rings. The van der Waals surface area contributed by atoms with Gasteiger partial charge in [-0.2, -0.15) is 0 Å². The van der Waals surface area contributed by atoms with E-state index in [1.54, 1.807) is 13.8 Å². The van der Waals surface area contributed by atoms with Gasteiger partial charge in [-0.1, -0.05) is 12.8 Å². The van der Waals surface area contributed by atoms with Crippen molar-refractivity contribution >= 4 is 5.97 Å². The standard InChI is InChI=1S/C13H23NO3/c1-12(2,11(15)16)14-10-5-8-17-13(9-10)6-3-4-7-13/h10,14H,3-9H2,1-2H3,(H,15,16). The maximum atomic E-state index is 11.1. The first kappa shape index (κ1) is 12.8. The Morgan fingerprint density at radius 2 is 2.06 bits per heavy atom. The van der Waals surface area contributed by atoms with Crippen molar-refractivity contribution in [2.24, 2.45) is 0 Å². The number of rotatable bonds is 3. The Balaban J connectivity index is 1.96. The second kappa shape index (κ2) is 4.58. The predicted molar refractivity (Wildman–Crippen MR) is 65.0 cm³/mol. The molecule has 2 N–H and O–H groups in total. The highest BCUT2D eigenvalue weighted by molar-refractivity contribution is 5.77. The van der Waals surface area contributed by atoms with Gasteiger partial charge < -0.3 is 9.84 Å². The molecule has 2 rings (SSSR count). The molecule has 0 bridgehead atoms. The minimum atomic E-state index is -0.845. The van der Waals surface area contributed by atoms with Crippen LogP contribution in [0.4, 0.5) is 0 Å². The van der Waals surface area contributed by atoms with Gasteiger partial charge in [0, 0.05) is 12.6 Å². The zero-order valence-electron chi connectivity index (χ0n) is 10.8. The maximum absolute atomic E-state index is 11.1. The summed E-state index contributed by atoms with van der Waals surface area (Å²) in [5, 5.41) is 12.4. The van der Waals surface area contributed by atoms with Crippen LogP contribution in [0.25, 0.3) is 0 Å². The smallest absolute Gasteiger partial charge is 0.323 e. The molecule has 1 atom stereocenters. The van der Waals surface area contributed by atoms with Gasteiger partial charge in [-0.15, -0.1) is 0 Å².